The van der Waals surface area contributed by atoms with Crippen molar-refractivity contribution in [3.8, 4) is 0 Å². The Kier molecular flexibility index (Phi) is 9.90. The molecule has 0 aromatic carbocycles. The zero-order chi connectivity index (χ0) is 26.9. The first kappa shape index (κ1) is 30.5. The van der Waals surface area contributed by atoms with E-state index in [2.05, 4.69) is 12.5 Å². The van der Waals surface area contributed by atoms with E-state index >= 15 is 0 Å². The Morgan fingerprint density at radius 2 is 1.23 bits per heavy atom. The fourth-order valence-corrected chi connectivity index (χ4v) is 4.42. The Morgan fingerprint density at radius 1 is 0.686 bits per heavy atom. The molecule has 10 unspecified atom stereocenters. The van der Waals surface area contributed by atoms with Gasteiger partial charge in [0.1, 0.15) is 36.6 Å². The lowest BCUT2D eigenvalue weighted by Gasteiger charge is -2.46. The van der Waals surface area contributed by atoms with Crippen LogP contribution < -0.4 is 0 Å². The molecule has 2 aliphatic rings. The molecule has 20 nitrogen and oxygen atoms in total. The number of rotatable bonds is 10. The number of aliphatic hydroxyl groups excluding tert-OH is 5. The van der Waals surface area contributed by atoms with E-state index in [9.17, 15) is 64.4 Å². The van der Waals surface area contributed by atoms with Gasteiger partial charge in [-0.25, -0.2) is 25.3 Å². The largest absolute Gasteiger partial charge is 0.726 e. The van der Waals surface area contributed by atoms with Crippen molar-refractivity contribution in [3.63, 3.8) is 0 Å². The molecular formula is C12H19O20S3-3. The Morgan fingerprint density at radius 3 is 1.71 bits per heavy atom. The van der Waals surface area contributed by atoms with Crippen molar-refractivity contribution >= 4 is 31.2 Å². The van der Waals surface area contributed by atoms with Gasteiger partial charge in [-0.3, -0.25) is 12.5 Å². The lowest BCUT2D eigenvalue weighted by Crippen LogP contribution is -2.65. The van der Waals surface area contributed by atoms with Gasteiger partial charge in [-0.1, -0.05) is 0 Å². The molecule has 0 aliphatic carbocycles. The topological polar surface area (TPSA) is 328 Å². The average Bonchev–Trinajstić information content (AvgIpc) is 2.69. The number of aliphatic hydroxyl groups is 5. The highest BCUT2D eigenvalue weighted by Gasteiger charge is 2.53. The average molecular weight is 579 g/mol. The first-order valence-corrected chi connectivity index (χ1v) is 13.0. The van der Waals surface area contributed by atoms with E-state index in [1.54, 1.807) is 0 Å². The summed E-state index contributed by atoms with van der Waals surface area (Å²) in [4.78, 5) is 0. The Bertz CT molecular complexity index is 1020. The number of ether oxygens (including phenoxy) is 3. The Balaban J connectivity index is 2.42. The molecule has 2 rings (SSSR count). The normalized spacial score (nSPS) is 39.4. The molecule has 0 spiro atoms. The molecule has 23 heteroatoms. The van der Waals surface area contributed by atoms with Gasteiger partial charge in [0.25, 0.3) is 0 Å². The Hall–Kier alpha value is -0.710. The van der Waals surface area contributed by atoms with Gasteiger partial charge in [0.15, 0.2) is 24.8 Å². The monoisotopic (exact) mass is 579 g/mol. The van der Waals surface area contributed by atoms with Crippen molar-refractivity contribution < 1.29 is 91.2 Å². The van der Waals surface area contributed by atoms with Gasteiger partial charge < -0.3 is 53.4 Å². The highest BCUT2D eigenvalue weighted by Crippen LogP contribution is 2.32. The standard InChI is InChI=1S/C12H22O20S3/c13-1-3-5(14)6(15)10(32-35(24,25)26)12(29-3)30-8-4(2-27-33(18,19)20)28-11(17)9(7(8)16)31-34(21,22)23/h3-17H,1-2H2,(H,18,19,20)(H,21,22,23)(H,24,25,26)/p-3. The van der Waals surface area contributed by atoms with Gasteiger partial charge in [-0.05, 0) is 0 Å². The van der Waals surface area contributed by atoms with Crippen molar-refractivity contribution in [2.24, 2.45) is 0 Å². The quantitative estimate of drug-likeness (QED) is 0.118. The van der Waals surface area contributed by atoms with Gasteiger partial charge in [0.05, 0.1) is 13.2 Å². The van der Waals surface area contributed by atoms with E-state index in [4.69, 9.17) is 14.2 Å². The lowest BCUT2D eigenvalue weighted by molar-refractivity contribution is -0.349. The summed E-state index contributed by atoms with van der Waals surface area (Å²) in [5, 5.41) is 49.6. The van der Waals surface area contributed by atoms with Crippen LogP contribution in [0.1, 0.15) is 0 Å². The summed E-state index contributed by atoms with van der Waals surface area (Å²) in [5.74, 6) is 0. The molecule has 5 N–H and O–H groups in total. The minimum atomic E-state index is -5.65. The minimum Gasteiger partial charge on any atom is -0.726 e. The summed E-state index contributed by atoms with van der Waals surface area (Å²) in [6.07, 6.45) is -22.5. The molecule has 0 aromatic rings. The van der Waals surface area contributed by atoms with Crippen LogP contribution in [-0.4, -0.2) is 139 Å². The fraction of sp³-hybridized carbons (Fsp3) is 1.00. The van der Waals surface area contributed by atoms with Crippen LogP contribution in [0.5, 0.6) is 0 Å². The van der Waals surface area contributed by atoms with Crippen LogP contribution in [0.25, 0.3) is 0 Å². The maximum Gasteiger partial charge on any atom is 0.218 e. The highest BCUT2D eigenvalue weighted by atomic mass is 32.3. The third kappa shape index (κ3) is 8.68. The predicted octanol–water partition coefficient (Wildman–Crippen LogP) is -6.94. The van der Waals surface area contributed by atoms with E-state index in [-0.39, 0.29) is 0 Å². The van der Waals surface area contributed by atoms with Crippen LogP contribution in [0.2, 0.25) is 0 Å². The summed E-state index contributed by atoms with van der Waals surface area (Å²) in [7, 11) is -16.7. The summed E-state index contributed by atoms with van der Waals surface area (Å²) in [6.45, 7) is -2.38. The molecule has 2 fully saturated rings. The van der Waals surface area contributed by atoms with Crippen LogP contribution >= 0.6 is 0 Å². The molecular weight excluding hydrogens is 560 g/mol. The van der Waals surface area contributed by atoms with Crippen LogP contribution in [0.3, 0.4) is 0 Å². The highest BCUT2D eigenvalue weighted by molar-refractivity contribution is 7.81. The summed E-state index contributed by atoms with van der Waals surface area (Å²) < 4.78 is 125. The van der Waals surface area contributed by atoms with Crippen molar-refractivity contribution in [1.82, 2.24) is 0 Å². The summed E-state index contributed by atoms with van der Waals surface area (Å²) in [6, 6.07) is 0. The van der Waals surface area contributed by atoms with E-state index in [0.717, 1.165) is 0 Å². The van der Waals surface area contributed by atoms with E-state index in [1.807, 2.05) is 0 Å². The van der Waals surface area contributed by atoms with Gasteiger partial charge in [0.2, 0.25) is 31.2 Å². The van der Waals surface area contributed by atoms with Crippen molar-refractivity contribution in [2.75, 3.05) is 13.2 Å². The van der Waals surface area contributed by atoms with Crippen LogP contribution in [-0.2, 0) is 58.0 Å². The van der Waals surface area contributed by atoms with Crippen LogP contribution in [0.15, 0.2) is 0 Å². The Labute approximate surface area is 197 Å². The molecule has 0 bridgehead atoms. The second kappa shape index (κ2) is 11.4. The van der Waals surface area contributed by atoms with Crippen molar-refractivity contribution in [2.45, 2.75) is 61.4 Å². The molecule has 35 heavy (non-hydrogen) atoms. The smallest absolute Gasteiger partial charge is 0.218 e. The third-order valence-corrected chi connectivity index (χ3v) is 5.93. The van der Waals surface area contributed by atoms with Crippen LogP contribution in [0.4, 0.5) is 0 Å². The first-order chi connectivity index (χ1) is 15.8. The zero-order valence-electron chi connectivity index (χ0n) is 16.8. The molecule has 0 amide bonds. The molecule has 10 atom stereocenters. The molecule has 0 aromatic heterocycles. The van der Waals surface area contributed by atoms with Crippen molar-refractivity contribution in [3.05, 3.63) is 0 Å². The molecule has 0 radical (unpaired) electrons. The predicted molar refractivity (Wildman–Crippen MR) is 94.3 cm³/mol. The van der Waals surface area contributed by atoms with Gasteiger partial charge in [0, 0.05) is 0 Å². The SMILES string of the molecule is O=S(=O)([O-])OCC1OC(O)C(OS(=O)(=O)[O-])C(O)C1OC1OC(CO)C(O)C(O)C1OS(=O)(=O)[O-]. The molecule has 2 heterocycles. The maximum absolute atomic E-state index is 11.1. The van der Waals surface area contributed by atoms with Gasteiger partial charge in [-0.2, -0.15) is 0 Å². The molecule has 208 valence electrons. The molecule has 2 saturated heterocycles. The maximum atomic E-state index is 11.1. The van der Waals surface area contributed by atoms with Gasteiger partial charge in [-0.15, -0.1) is 0 Å². The number of hydrogen-bond donors (Lipinski definition) is 5. The molecule has 0 saturated carbocycles. The van der Waals surface area contributed by atoms with E-state index in [0.29, 0.717) is 0 Å². The van der Waals surface area contributed by atoms with E-state index in [1.165, 1.54) is 0 Å². The summed E-state index contributed by atoms with van der Waals surface area (Å²) in [5.41, 5.74) is 0. The first-order valence-electron chi connectivity index (χ1n) is 9.01. The third-order valence-electron chi connectivity index (χ3n) is 4.59. The molecule has 2 aliphatic heterocycles. The second-order valence-corrected chi connectivity index (χ2v) is 10.1. The van der Waals surface area contributed by atoms with Gasteiger partial charge >= 0.3 is 0 Å². The summed E-state index contributed by atoms with van der Waals surface area (Å²) >= 11 is 0. The van der Waals surface area contributed by atoms with E-state index < -0.39 is 106 Å². The fourth-order valence-electron chi connectivity index (χ4n) is 3.16. The second-order valence-electron chi connectivity index (χ2n) is 6.99. The van der Waals surface area contributed by atoms with Crippen LogP contribution in [0, 0.1) is 0 Å². The van der Waals surface area contributed by atoms with Crippen molar-refractivity contribution in [1.29, 1.82) is 0 Å². The zero-order valence-corrected chi connectivity index (χ0v) is 19.2. The minimum absolute atomic E-state index is 1.04. The number of hydrogen-bond acceptors (Lipinski definition) is 20. The lowest BCUT2D eigenvalue weighted by atomic mass is 9.97.